The fraction of sp³-hybridized carbons (Fsp3) is 1.00. The van der Waals surface area contributed by atoms with Gasteiger partial charge in [0.15, 0.2) is 0 Å². The van der Waals surface area contributed by atoms with Crippen molar-refractivity contribution in [2.24, 2.45) is 0 Å². The van der Waals surface area contributed by atoms with Gasteiger partial charge in [-0.2, -0.15) is 11.1 Å². The minimum atomic E-state index is 0.778. The molecule has 0 aromatic heterocycles. The number of ether oxygens (including phenoxy) is 1. The Hall–Kier alpha value is 0.467. The molecule has 0 aromatic rings. The van der Waals surface area contributed by atoms with E-state index in [2.05, 4.69) is 0 Å². The lowest BCUT2D eigenvalue weighted by atomic mass is 10.2. The van der Waals surface area contributed by atoms with E-state index in [1.54, 1.807) is 0 Å². The number of hydrogen-bond acceptors (Lipinski definition) is 1. The van der Waals surface area contributed by atoms with Crippen molar-refractivity contribution in [3.8, 4) is 0 Å². The summed E-state index contributed by atoms with van der Waals surface area (Å²) in [5.74, 6) is 0. The highest BCUT2D eigenvalue weighted by Gasteiger charge is 1.94. The molecule has 0 saturated carbocycles. The Kier molecular flexibility index (Phi) is 7.90. The maximum atomic E-state index is 5.07. The Morgan fingerprint density at radius 3 is 1.62 bits per heavy atom. The third-order valence-corrected chi connectivity index (χ3v) is 1.08. The zero-order chi connectivity index (χ0) is 6.24. The van der Waals surface area contributed by atoms with Crippen molar-refractivity contribution < 1.29 is 4.74 Å². The predicted octanol–water partition coefficient (Wildman–Crippen LogP) is 0.692. The van der Waals surface area contributed by atoms with Gasteiger partial charge in [0, 0.05) is 13.2 Å². The van der Waals surface area contributed by atoms with E-state index in [-0.39, 0.29) is 0 Å². The molecule has 1 nitrogen and oxygen atoms in total. The summed E-state index contributed by atoms with van der Waals surface area (Å²) in [7, 11) is 0.778. The molecule has 3 heteroatoms. The van der Waals surface area contributed by atoms with Crippen LogP contribution in [-0.4, -0.2) is 22.8 Å². The number of rotatable bonds is 0. The van der Waals surface area contributed by atoms with Crippen LogP contribution in [-0.2, 0) is 4.74 Å². The summed E-state index contributed by atoms with van der Waals surface area (Å²) in [6.07, 6.45) is 3.93. The maximum absolute atomic E-state index is 5.07. The summed E-state index contributed by atoms with van der Waals surface area (Å²) in [6.45, 7) is 2.00. The van der Waals surface area contributed by atoms with Crippen LogP contribution in [0.25, 0.3) is 0 Å². The minimum absolute atomic E-state index is 0.778. The normalized spacial score (nSPS) is 19.1. The van der Waals surface area contributed by atoms with Crippen LogP contribution in [0.2, 0.25) is 0 Å². The molecular formula is C5H13ClOSi. The second-order valence-corrected chi connectivity index (χ2v) is 1.67. The molecule has 0 unspecified atom stereocenters. The first-order chi connectivity index (χ1) is 4.00. The van der Waals surface area contributed by atoms with Crippen LogP contribution < -0.4 is 0 Å². The van der Waals surface area contributed by atoms with E-state index < -0.39 is 0 Å². The van der Waals surface area contributed by atoms with Crippen LogP contribution in [0.3, 0.4) is 0 Å². The van der Waals surface area contributed by atoms with E-state index in [4.69, 9.17) is 15.8 Å². The quantitative estimate of drug-likeness (QED) is 0.367. The van der Waals surface area contributed by atoms with Crippen LogP contribution in [0.15, 0.2) is 0 Å². The zero-order valence-corrected chi connectivity index (χ0v) is 8.08. The Balaban J connectivity index is 0.000000222. The lowest BCUT2D eigenvalue weighted by Gasteiger charge is -2.08. The summed E-state index contributed by atoms with van der Waals surface area (Å²) in [5, 5.41) is 0. The standard InChI is InChI=1S/C5H10O.ClH3Si/c1-2-4-6-5-3-1;1-2/h1-5H2;2H3. The average molecular weight is 153 g/mol. The Bertz CT molecular complexity index is 27.9. The lowest BCUT2D eigenvalue weighted by molar-refractivity contribution is 0.0968. The summed E-state index contributed by atoms with van der Waals surface area (Å²) < 4.78 is 5.07. The van der Waals surface area contributed by atoms with Gasteiger partial charge in [-0.15, -0.1) is 0 Å². The number of halogens is 1. The second-order valence-electron chi connectivity index (χ2n) is 1.67. The lowest BCUT2D eigenvalue weighted by Crippen LogP contribution is -2.03. The van der Waals surface area contributed by atoms with Crippen molar-refractivity contribution in [1.29, 1.82) is 0 Å². The third-order valence-electron chi connectivity index (χ3n) is 1.08. The highest BCUT2D eigenvalue weighted by Crippen LogP contribution is 2.01. The van der Waals surface area contributed by atoms with E-state index >= 15 is 0 Å². The molecule has 0 spiro atoms. The second kappa shape index (κ2) is 7.47. The molecule has 1 rings (SSSR count). The molecule has 0 radical (unpaired) electrons. The van der Waals surface area contributed by atoms with Crippen LogP contribution in [0.4, 0.5) is 0 Å². The molecule has 0 atom stereocenters. The van der Waals surface area contributed by atoms with E-state index in [9.17, 15) is 0 Å². The van der Waals surface area contributed by atoms with Crippen LogP contribution in [0, 0.1) is 0 Å². The fourth-order valence-corrected chi connectivity index (χ4v) is 0.687. The smallest absolute Gasteiger partial charge is 0.109 e. The molecule has 0 aromatic carbocycles. The largest absolute Gasteiger partial charge is 0.381 e. The molecule has 50 valence electrons. The zero-order valence-electron chi connectivity index (χ0n) is 5.32. The number of hydrogen-bond donors (Lipinski definition) is 0. The van der Waals surface area contributed by atoms with Crippen molar-refractivity contribution in [3.63, 3.8) is 0 Å². The van der Waals surface area contributed by atoms with E-state index in [1.165, 1.54) is 19.3 Å². The Morgan fingerprint density at radius 2 is 1.50 bits per heavy atom. The summed E-state index contributed by atoms with van der Waals surface area (Å²) in [6, 6.07) is 0. The van der Waals surface area contributed by atoms with Gasteiger partial charge >= 0.3 is 0 Å². The van der Waals surface area contributed by atoms with Gasteiger partial charge in [0.25, 0.3) is 0 Å². The molecule has 0 bridgehead atoms. The summed E-state index contributed by atoms with van der Waals surface area (Å²) in [4.78, 5) is 0. The van der Waals surface area contributed by atoms with Gasteiger partial charge in [0.1, 0.15) is 9.55 Å². The van der Waals surface area contributed by atoms with Gasteiger partial charge in [-0.3, -0.25) is 0 Å². The monoisotopic (exact) mass is 152 g/mol. The Labute approximate surface area is 58.5 Å². The first-order valence-electron chi connectivity index (χ1n) is 2.96. The van der Waals surface area contributed by atoms with Gasteiger partial charge in [0.05, 0.1) is 0 Å². The van der Waals surface area contributed by atoms with Crippen molar-refractivity contribution in [2.75, 3.05) is 13.2 Å². The molecule has 1 aliphatic rings. The highest BCUT2D eigenvalue weighted by atomic mass is 35.6. The van der Waals surface area contributed by atoms with Crippen molar-refractivity contribution in [3.05, 3.63) is 0 Å². The van der Waals surface area contributed by atoms with Crippen molar-refractivity contribution in [2.45, 2.75) is 19.3 Å². The molecular weight excluding hydrogens is 140 g/mol. The maximum Gasteiger partial charge on any atom is 0.109 e. The molecule has 0 aliphatic carbocycles. The minimum Gasteiger partial charge on any atom is -0.381 e. The van der Waals surface area contributed by atoms with Gasteiger partial charge in [-0.05, 0) is 19.3 Å². The van der Waals surface area contributed by atoms with E-state index in [0.29, 0.717) is 0 Å². The van der Waals surface area contributed by atoms with Crippen LogP contribution >= 0.6 is 11.1 Å². The summed E-state index contributed by atoms with van der Waals surface area (Å²) in [5.41, 5.74) is 0. The van der Waals surface area contributed by atoms with Gasteiger partial charge < -0.3 is 4.74 Å². The fourth-order valence-electron chi connectivity index (χ4n) is 0.687. The van der Waals surface area contributed by atoms with Gasteiger partial charge in [-0.1, -0.05) is 0 Å². The molecule has 0 amide bonds. The van der Waals surface area contributed by atoms with Gasteiger partial charge in [-0.25, -0.2) is 0 Å². The van der Waals surface area contributed by atoms with E-state index in [0.717, 1.165) is 22.8 Å². The van der Waals surface area contributed by atoms with Crippen molar-refractivity contribution in [1.82, 2.24) is 0 Å². The Morgan fingerprint density at radius 1 is 1.00 bits per heavy atom. The highest BCUT2D eigenvalue weighted by molar-refractivity contribution is 6.80. The SMILES string of the molecule is C1CCOCC1.[SiH3]Cl. The summed E-state index contributed by atoms with van der Waals surface area (Å²) >= 11 is 4.78. The molecule has 1 saturated heterocycles. The van der Waals surface area contributed by atoms with Crippen LogP contribution in [0.1, 0.15) is 19.3 Å². The molecule has 1 fully saturated rings. The predicted molar refractivity (Wildman–Crippen MR) is 40.5 cm³/mol. The van der Waals surface area contributed by atoms with Crippen molar-refractivity contribution >= 4 is 20.6 Å². The average Bonchev–Trinajstić information content (AvgIpc) is 1.96. The first-order valence-corrected chi connectivity index (χ1v) is 5.98. The topological polar surface area (TPSA) is 9.23 Å². The molecule has 0 N–H and O–H groups in total. The third kappa shape index (κ3) is 4.62. The first kappa shape index (κ1) is 8.47. The van der Waals surface area contributed by atoms with Gasteiger partial charge in [0.2, 0.25) is 0 Å². The molecule has 8 heavy (non-hydrogen) atoms. The molecule has 1 heterocycles. The molecule has 1 aliphatic heterocycles. The van der Waals surface area contributed by atoms with Crippen LogP contribution in [0.5, 0.6) is 0 Å². The van der Waals surface area contributed by atoms with E-state index in [1.807, 2.05) is 0 Å².